The van der Waals surface area contributed by atoms with Crippen molar-refractivity contribution < 1.29 is 49.1 Å². The van der Waals surface area contributed by atoms with Crippen LogP contribution in [0.3, 0.4) is 0 Å². The van der Waals surface area contributed by atoms with Crippen molar-refractivity contribution in [2.45, 2.75) is 82.6 Å². The lowest BCUT2D eigenvalue weighted by atomic mass is 9.46. The number of aliphatic hydroxyl groups is 3. The Hall–Kier alpha value is -3.67. The van der Waals surface area contributed by atoms with Crippen molar-refractivity contribution in [1.82, 2.24) is 5.32 Å². The second-order valence-electron chi connectivity index (χ2n) is 13.4. The number of benzene rings is 1. The maximum atomic E-state index is 13.5. The molecule has 5 rings (SSSR count). The summed E-state index contributed by atoms with van der Waals surface area (Å²) in [7, 11) is 0. The van der Waals surface area contributed by atoms with E-state index in [1.807, 2.05) is 19.9 Å². The van der Waals surface area contributed by atoms with Crippen LogP contribution in [0, 0.1) is 28.6 Å². The van der Waals surface area contributed by atoms with Crippen molar-refractivity contribution in [3.8, 4) is 0 Å². The first-order chi connectivity index (χ1) is 21.2. The van der Waals surface area contributed by atoms with Gasteiger partial charge in [0.1, 0.15) is 11.7 Å². The molecule has 0 aromatic heterocycles. The van der Waals surface area contributed by atoms with Crippen LogP contribution in [0.2, 0.25) is 0 Å². The van der Waals surface area contributed by atoms with Crippen LogP contribution in [0.4, 0.5) is 0 Å². The number of Topliss-reactive ketones (excluding diaryl/α,β-unsaturated/α-hetero) is 1. The highest BCUT2D eigenvalue weighted by molar-refractivity contribution is 6.01. The van der Waals surface area contributed by atoms with Crippen LogP contribution in [0.15, 0.2) is 54.1 Å². The van der Waals surface area contributed by atoms with E-state index in [1.165, 1.54) is 12.1 Å². The van der Waals surface area contributed by atoms with Gasteiger partial charge in [-0.2, -0.15) is 0 Å². The maximum absolute atomic E-state index is 13.5. The number of carbonyl (C=O) groups is 5. The number of aliphatic carboxylic acids is 1. The van der Waals surface area contributed by atoms with E-state index in [1.54, 1.807) is 30.4 Å². The van der Waals surface area contributed by atoms with Gasteiger partial charge in [0, 0.05) is 23.2 Å². The van der Waals surface area contributed by atoms with E-state index >= 15 is 0 Å². The molecule has 1 amide bonds. The van der Waals surface area contributed by atoms with Crippen molar-refractivity contribution in [2.24, 2.45) is 28.6 Å². The Morgan fingerprint density at radius 3 is 2.49 bits per heavy atom. The molecule has 0 aliphatic heterocycles. The summed E-state index contributed by atoms with van der Waals surface area (Å²) in [4.78, 5) is 62.1. The number of nitrogens with one attached hydrogen (secondary N) is 1. The van der Waals surface area contributed by atoms with E-state index < -0.39 is 77.8 Å². The molecule has 242 valence electrons. The summed E-state index contributed by atoms with van der Waals surface area (Å²) < 4.78 is 5.15. The molecule has 11 heteroatoms. The summed E-state index contributed by atoms with van der Waals surface area (Å²) >= 11 is 0. The SMILES string of the molecule is C[C@]12C=CC(=O)C=C1CC[C@H]1[C@H]2[C@@H](O)C[C@@]2(C)[C@H]1CC[C@]2(O)C(=O)COC(=O)CCC(=O)N[C@H](C(=O)O)[C@H](O)c1ccccc1. The maximum Gasteiger partial charge on any atom is 0.329 e. The standard InChI is InChI=1S/C34H41NO10/c1-32-14-12-21(36)16-20(32)8-9-22-23-13-15-34(44,33(23,2)17-24(37)28(22)32)25(38)18-45-27(40)11-10-26(39)35-29(31(42)43)30(41)19-6-4-3-5-7-19/h3-7,12,14,16,22-24,28-30,37,41,44H,8-11,13,15,17-18H2,1-2H3,(H,35,39)(H,42,43)/t22-,23+,24+,28+,29+,30-,32+,33+,34+/m1/s1. The number of allylic oxidation sites excluding steroid dienone is 4. The van der Waals surface area contributed by atoms with E-state index in [-0.39, 0.29) is 36.4 Å². The Balaban J connectivity index is 1.17. The van der Waals surface area contributed by atoms with Gasteiger partial charge < -0.3 is 30.5 Å². The smallest absolute Gasteiger partial charge is 0.329 e. The third-order valence-corrected chi connectivity index (χ3v) is 11.1. The fraction of sp³-hybridized carbons (Fsp3) is 0.559. The van der Waals surface area contributed by atoms with Crippen molar-refractivity contribution in [3.05, 3.63) is 59.7 Å². The van der Waals surface area contributed by atoms with Crippen LogP contribution in [0.25, 0.3) is 0 Å². The van der Waals surface area contributed by atoms with Gasteiger partial charge in [0.2, 0.25) is 11.7 Å². The highest BCUT2D eigenvalue weighted by atomic mass is 16.5. The van der Waals surface area contributed by atoms with Crippen LogP contribution in [-0.2, 0) is 28.7 Å². The monoisotopic (exact) mass is 623 g/mol. The molecule has 3 fully saturated rings. The third kappa shape index (κ3) is 5.77. The number of hydrogen-bond acceptors (Lipinski definition) is 9. The zero-order chi connectivity index (χ0) is 32.7. The molecule has 0 bridgehead atoms. The second-order valence-corrected chi connectivity index (χ2v) is 13.4. The minimum atomic E-state index is -1.82. The predicted octanol–water partition coefficient (Wildman–Crippen LogP) is 2.19. The molecule has 4 aliphatic rings. The van der Waals surface area contributed by atoms with Gasteiger partial charge in [0.25, 0.3) is 0 Å². The highest BCUT2D eigenvalue weighted by Gasteiger charge is 2.68. The van der Waals surface area contributed by atoms with Gasteiger partial charge >= 0.3 is 11.9 Å². The Morgan fingerprint density at radius 2 is 1.80 bits per heavy atom. The molecular weight excluding hydrogens is 582 g/mol. The fourth-order valence-corrected chi connectivity index (χ4v) is 8.71. The number of ketones is 2. The molecule has 0 unspecified atom stereocenters. The fourth-order valence-electron chi connectivity index (χ4n) is 8.71. The normalized spacial score (nSPS) is 34.8. The number of carboxylic acids is 1. The van der Waals surface area contributed by atoms with Crippen LogP contribution in [0.1, 0.15) is 70.5 Å². The lowest BCUT2D eigenvalue weighted by Crippen LogP contribution is -2.61. The third-order valence-electron chi connectivity index (χ3n) is 11.1. The van der Waals surface area contributed by atoms with Gasteiger partial charge in [-0.25, -0.2) is 4.79 Å². The number of hydrogen-bond donors (Lipinski definition) is 5. The van der Waals surface area contributed by atoms with Crippen LogP contribution >= 0.6 is 0 Å². The summed E-state index contributed by atoms with van der Waals surface area (Å²) in [5.74, 6) is -4.04. The Bertz CT molecular complexity index is 1440. The molecule has 0 heterocycles. The molecule has 3 saturated carbocycles. The first-order valence-corrected chi connectivity index (χ1v) is 15.5. The predicted molar refractivity (Wildman–Crippen MR) is 159 cm³/mol. The number of amides is 1. The summed E-state index contributed by atoms with van der Waals surface area (Å²) in [6.45, 7) is 3.16. The molecule has 1 aromatic rings. The van der Waals surface area contributed by atoms with Crippen molar-refractivity contribution >= 4 is 29.4 Å². The average molecular weight is 624 g/mol. The Morgan fingerprint density at radius 1 is 1.09 bits per heavy atom. The number of esters is 1. The van der Waals surface area contributed by atoms with Gasteiger partial charge in [-0.3, -0.25) is 19.2 Å². The minimum absolute atomic E-state index is 0.0247. The largest absolute Gasteiger partial charge is 0.480 e. The van der Waals surface area contributed by atoms with Crippen molar-refractivity contribution in [1.29, 1.82) is 0 Å². The molecule has 0 spiro atoms. The number of aliphatic hydroxyl groups excluding tert-OH is 2. The van der Waals surface area contributed by atoms with Gasteiger partial charge in [-0.05, 0) is 61.7 Å². The first-order valence-electron chi connectivity index (χ1n) is 15.5. The zero-order valence-electron chi connectivity index (χ0n) is 25.5. The molecule has 11 nitrogen and oxygen atoms in total. The van der Waals surface area contributed by atoms with Gasteiger partial charge in [0.15, 0.2) is 18.4 Å². The summed E-state index contributed by atoms with van der Waals surface area (Å²) in [6, 6.07) is 6.34. The van der Waals surface area contributed by atoms with E-state index in [0.717, 1.165) is 12.0 Å². The number of fused-ring (bicyclic) bond motifs is 5. The average Bonchev–Trinajstić information content (AvgIpc) is 3.28. The van der Waals surface area contributed by atoms with Gasteiger partial charge in [-0.1, -0.05) is 55.8 Å². The highest BCUT2D eigenvalue weighted by Crippen LogP contribution is 2.67. The molecule has 4 aliphatic carbocycles. The van der Waals surface area contributed by atoms with Crippen LogP contribution < -0.4 is 5.32 Å². The number of carboxylic acid groups (broad SMARTS) is 1. The summed E-state index contributed by atoms with van der Waals surface area (Å²) in [6.07, 6.45) is 4.24. The Kier molecular flexibility index (Phi) is 8.91. The van der Waals surface area contributed by atoms with Crippen LogP contribution in [0.5, 0.6) is 0 Å². The van der Waals surface area contributed by atoms with E-state index in [9.17, 15) is 44.4 Å². The topological polar surface area (TPSA) is 188 Å². The molecule has 5 N–H and O–H groups in total. The lowest BCUT2D eigenvalue weighted by molar-refractivity contribution is -0.181. The van der Waals surface area contributed by atoms with E-state index in [4.69, 9.17) is 4.74 Å². The summed E-state index contributed by atoms with van der Waals surface area (Å²) in [5.41, 5.74) is -1.94. The number of ether oxygens (including phenoxy) is 1. The number of rotatable bonds is 10. The van der Waals surface area contributed by atoms with Crippen molar-refractivity contribution in [2.75, 3.05) is 6.61 Å². The molecule has 1 aromatic carbocycles. The Labute approximate surface area is 261 Å². The molecular formula is C34H41NO10. The van der Waals surface area contributed by atoms with Crippen molar-refractivity contribution in [3.63, 3.8) is 0 Å². The molecule has 9 atom stereocenters. The number of carbonyl (C=O) groups excluding carboxylic acids is 4. The second kappa shape index (κ2) is 12.3. The van der Waals surface area contributed by atoms with Crippen LogP contribution in [-0.4, -0.2) is 74.2 Å². The van der Waals surface area contributed by atoms with E-state index in [2.05, 4.69) is 5.32 Å². The molecule has 0 saturated heterocycles. The zero-order valence-corrected chi connectivity index (χ0v) is 25.5. The minimum Gasteiger partial charge on any atom is -0.480 e. The molecule has 45 heavy (non-hydrogen) atoms. The molecule has 0 radical (unpaired) electrons. The van der Waals surface area contributed by atoms with Gasteiger partial charge in [-0.15, -0.1) is 0 Å². The lowest BCUT2D eigenvalue weighted by Gasteiger charge is -2.59. The summed E-state index contributed by atoms with van der Waals surface area (Å²) in [5, 5.41) is 45.5. The first kappa shape index (κ1) is 32.7. The quantitative estimate of drug-likeness (QED) is 0.242. The van der Waals surface area contributed by atoms with Gasteiger partial charge in [0.05, 0.1) is 12.5 Å². The van der Waals surface area contributed by atoms with E-state index in [0.29, 0.717) is 18.4 Å².